The average molecular weight is 544 g/mol. The van der Waals surface area contributed by atoms with Crippen molar-refractivity contribution in [2.45, 2.75) is 70.9 Å². The third kappa shape index (κ3) is 6.50. The van der Waals surface area contributed by atoms with Gasteiger partial charge in [-0.3, -0.25) is 4.79 Å². The molecule has 2 aromatic heterocycles. The lowest BCUT2D eigenvalue weighted by Crippen LogP contribution is -2.41. The number of ether oxygens (including phenoxy) is 1. The fourth-order valence-electron chi connectivity index (χ4n) is 4.74. The Morgan fingerprint density at radius 2 is 1.95 bits per heavy atom. The molecule has 2 aromatic rings. The molecule has 10 nitrogen and oxygen atoms in total. The lowest BCUT2D eigenvalue weighted by molar-refractivity contribution is -0.137. The van der Waals surface area contributed by atoms with E-state index >= 15 is 0 Å². The maximum atomic E-state index is 13.6. The molecule has 3 N–H and O–H groups in total. The van der Waals surface area contributed by atoms with E-state index in [0.29, 0.717) is 29.5 Å². The van der Waals surface area contributed by atoms with E-state index in [0.717, 1.165) is 6.42 Å². The highest BCUT2D eigenvalue weighted by atomic mass is 32.2. The number of nitrogens with one attached hydrogen (secondary N) is 1. The number of aromatic nitrogens is 2. The van der Waals surface area contributed by atoms with E-state index in [1.165, 1.54) is 30.4 Å². The summed E-state index contributed by atoms with van der Waals surface area (Å²) in [5.41, 5.74) is 6.10. The Morgan fingerprint density at radius 3 is 2.50 bits per heavy atom. The third-order valence-corrected chi connectivity index (χ3v) is 7.48. The Balaban J connectivity index is 2.20. The van der Waals surface area contributed by atoms with Gasteiger partial charge in [-0.25, -0.2) is 19.5 Å². The number of esters is 1. The Kier molecular flexibility index (Phi) is 8.21. The van der Waals surface area contributed by atoms with Gasteiger partial charge in [0.2, 0.25) is 0 Å². The molecular formula is C27H37N5O5S. The summed E-state index contributed by atoms with van der Waals surface area (Å²) in [4.78, 5) is 36.5. The van der Waals surface area contributed by atoms with Gasteiger partial charge < -0.3 is 15.4 Å². The highest BCUT2D eigenvalue weighted by molar-refractivity contribution is 7.90. The average Bonchev–Trinajstić information content (AvgIpc) is 3.08. The second kappa shape index (κ2) is 10.7. The highest BCUT2D eigenvalue weighted by Gasteiger charge is 2.40. The number of hydrogen-bond donors (Lipinski definition) is 2. The topological polar surface area (TPSA) is 145 Å². The van der Waals surface area contributed by atoms with Crippen LogP contribution in [0.1, 0.15) is 76.5 Å². The summed E-state index contributed by atoms with van der Waals surface area (Å²) in [6.07, 6.45) is 3.68. The number of carbonyl (C=O) groups is 2. The molecule has 1 unspecified atom stereocenters. The molecule has 3 rings (SSSR count). The second-order valence-corrected chi connectivity index (χ2v) is 12.8. The van der Waals surface area contributed by atoms with Crippen LogP contribution in [0, 0.1) is 5.92 Å². The van der Waals surface area contributed by atoms with Gasteiger partial charge in [-0.15, -0.1) is 0 Å². The summed E-state index contributed by atoms with van der Waals surface area (Å²) in [6.45, 7) is 14.8. The number of amides is 1. The highest BCUT2D eigenvalue weighted by Crippen LogP contribution is 2.39. The van der Waals surface area contributed by atoms with E-state index in [9.17, 15) is 18.0 Å². The van der Waals surface area contributed by atoms with Crippen LogP contribution in [0.15, 0.2) is 35.4 Å². The maximum Gasteiger partial charge on any atom is 0.330 e. The van der Waals surface area contributed by atoms with Gasteiger partial charge in [0.1, 0.15) is 11.6 Å². The minimum Gasteiger partial charge on any atom is -0.463 e. The molecule has 1 saturated heterocycles. The van der Waals surface area contributed by atoms with Gasteiger partial charge in [-0.05, 0) is 62.9 Å². The minimum atomic E-state index is -4.32. The number of sulfonamides is 1. The molecule has 0 bridgehead atoms. The number of hydrogen-bond acceptors (Lipinski definition) is 9. The van der Waals surface area contributed by atoms with Crippen LogP contribution >= 0.6 is 0 Å². The summed E-state index contributed by atoms with van der Waals surface area (Å²) in [7, 11) is -4.32. The number of anilines is 2. The van der Waals surface area contributed by atoms with Gasteiger partial charge in [0.15, 0.2) is 5.03 Å². The van der Waals surface area contributed by atoms with Crippen LogP contribution in [0.3, 0.4) is 0 Å². The monoisotopic (exact) mass is 543 g/mol. The zero-order valence-corrected chi connectivity index (χ0v) is 23.8. The van der Waals surface area contributed by atoms with Crippen molar-refractivity contribution < 1.29 is 22.7 Å². The lowest BCUT2D eigenvalue weighted by Gasteiger charge is -2.35. The predicted octanol–water partition coefficient (Wildman–Crippen LogP) is 3.68. The number of nitrogen functional groups attached to an aromatic ring is 1. The SMILES string of the molecule is CCOC(=O)/C=C/c1cc(C(=O)NS(=O)(=O)c2cccc(N)n2)c(N2CC(C)CC2(C)C)nc1C(C)(C)C. The Hall–Kier alpha value is -3.47. The van der Waals surface area contributed by atoms with E-state index in [1.807, 2.05) is 25.7 Å². The first-order valence-electron chi connectivity index (χ1n) is 12.5. The summed E-state index contributed by atoms with van der Waals surface area (Å²) in [6, 6.07) is 5.73. The molecule has 0 radical (unpaired) electrons. The number of pyridine rings is 2. The van der Waals surface area contributed by atoms with Crippen LogP contribution < -0.4 is 15.4 Å². The lowest BCUT2D eigenvalue weighted by atomic mass is 9.87. The molecule has 1 atom stereocenters. The Morgan fingerprint density at radius 1 is 1.26 bits per heavy atom. The molecule has 206 valence electrons. The Bertz CT molecular complexity index is 1360. The van der Waals surface area contributed by atoms with Crippen LogP contribution in [0.4, 0.5) is 11.6 Å². The van der Waals surface area contributed by atoms with Crippen molar-refractivity contribution in [1.29, 1.82) is 0 Å². The van der Waals surface area contributed by atoms with E-state index in [4.69, 9.17) is 15.5 Å². The number of nitrogens with zero attached hydrogens (tertiary/aromatic N) is 3. The predicted molar refractivity (Wildman–Crippen MR) is 147 cm³/mol. The molecule has 0 aromatic carbocycles. The van der Waals surface area contributed by atoms with Crippen molar-refractivity contribution >= 4 is 39.6 Å². The molecule has 0 spiro atoms. The van der Waals surface area contributed by atoms with Crippen LogP contribution in [0.2, 0.25) is 0 Å². The fraction of sp³-hybridized carbons (Fsp3) is 0.481. The first kappa shape index (κ1) is 29.1. The molecule has 1 fully saturated rings. The van der Waals surface area contributed by atoms with Crippen LogP contribution in [-0.4, -0.2) is 49.0 Å². The first-order chi connectivity index (χ1) is 17.5. The maximum absolute atomic E-state index is 13.6. The van der Waals surface area contributed by atoms with Crippen molar-refractivity contribution in [2.24, 2.45) is 5.92 Å². The Labute approximate surface area is 224 Å². The van der Waals surface area contributed by atoms with Gasteiger partial charge in [0, 0.05) is 23.6 Å². The van der Waals surface area contributed by atoms with Gasteiger partial charge in [-0.2, -0.15) is 8.42 Å². The summed E-state index contributed by atoms with van der Waals surface area (Å²) in [5, 5.41) is -0.371. The van der Waals surface area contributed by atoms with Crippen molar-refractivity contribution in [3.8, 4) is 0 Å². The molecule has 0 saturated carbocycles. The molecule has 38 heavy (non-hydrogen) atoms. The van der Waals surface area contributed by atoms with Crippen molar-refractivity contribution in [1.82, 2.24) is 14.7 Å². The number of rotatable bonds is 7. The van der Waals surface area contributed by atoms with Crippen LogP contribution in [-0.2, 0) is 25.0 Å². The third-order valence-electron chi connectivity index (χ3n) is 6.25. The second-order valence-electron chi connectivity index (χ2n) is 11.2. The quantitative estimate of drug-likeness (QED) is 0.395. The van der Waals surface area contributed by atoms with Crippen LogP contribution in [0.25, 0.3) is 6.08 Å². The fourth-order valence-corrected chi connectivity index (χ4v) is 5.68. The molecule has 0 aliphatic carbocycles. The first-order valence-corrected chi connectivity index (χ1v) is 14.0. The van der Waals surface area contributed by atoms with Crippen molar-refractivity contribution in [3.63, 3.8) is 0 Å². The zero-order chi connectivity index (χ0) is 28.5. The van der Waals surface area contributed by atoms with Gasteiger partial charge >= 0.3 is 5.97 Å². The summed E-state index contributed by atoms with van der Waals surface area (Å²) < 4.78 is 33.2. The van der Waals surface area contributed by atoms with E-state index in [2.05, 4.69) is 30.5 Å². The largest absolute Gasteiger partial charge is 0.463 e. The minimum absolute atomic E-state index is 0.0106. The number of carbonyl (C=O) groups excluding carboxylic acids is 2. The van der Waals surface area contributed by atoms with E-state index < -0.39 is 27.3 Å². The number of nitrogens with two attached hydrogens (primary N) is 1. The van der Waals surface area contributed by atoms with Crippen molar-refractivity contribution in [2.75, 3.05) is 23.8 Å². The smallest absolute Gasteiger partial charge is 0.330 e. The molecule has 1 aliphatic heterocycles. The molecule has 3 heterocycles. The van der Waals surface area contributed by atoms with Gasteiger partial charge in [-0.1, -0.05) is 33.8 Å². The molecule has 1 aliphatic rings. The standard InChI is InChI=1S/C27H37N5O5S/c1-8-37-22(33)13-12-18-14-19(25(34)31-38(35,36)21-11-9-10-20(28)29-21)24(30-23(18)26(3,4)5)32-16-17(2)15-27(32,6)7/h9-14,17H,8,15-16H2,1-7H3,(H2,28,29)(H,31,34)/b13-12+. The van der Waals surface area contributed by atoms with Gasteiger partial charge in [0.25, 0.3) is 15.9 Å². The van der Waals surface area contributed by atoms with Crippen LogP contribution in [0.5, 0.6) is 0 Å². The van der Waals surface area contributed by atoms with Crippen molar-refractivity contribution in [3.05, 3.63) is 47.2 Å². The molecule has 1 amide bonds. The summed E-state index contributed by atoms with van der Waals surface area (Å²) in [5.74, 6) is -0.669. The molecular weight excluding hydrogens is 506 g/mol. The molecule has 11 heteroatoms. The zero-order valence-electron chi connectivity index (χ0n) is 23.0. The normalized spacial score (nSPS) is 17.6. The van der Waals surface area contributed by atoms with E-state index in [1.54, 1.807) is 13.0 Å². The van der Waals surface area contributed by atoms with E-state index in [-0.39, 0.29) is 28.6 Å². The van der Waals surface area contributed by atoms with Gasteiger partial charge in [0.05, 0.1) is 17.9 Å². The summed E-state index contributed by atoms with van der Waals surface area (Å²) >= 11 is 0.